The van der Waals surface area contributed by atoms with Crippen LogP contribution >= 0.6 is 0 Å². The highest BCUT2D eigenvalue weighted by Crippen LogP contribution is 2.20. The van der Waals surface area contributed by atoms with E-state index in [9.17, 15) is 4.79 Å². The van der Waals surface area contributed by atoms with Gasteiger partial charge in [-0.1, -0.05) is 0 Å². The molecule has 0 unspecified atom stereocenters. The lowest BCUT2D eigenvalue weighted by molar-refractivity contribution is 0.415. The fraction of sp³-hybridized carbons (Fsp3) is 0.500. The maximum atomic E-state index is 10.8. The number of hydrogen-bond donors (Lipinski definition) is 0. The molecule has 15 heavy (non-hydrogen) atoms. The zero-order valence-corrected chi connectivity index (χ0v) is 9.23. The molecular formula is C12H16N2O. The number of nitriles is 1. The second-order valence-corrected chi connectivity index (χ2v) is 4.37. The van der Waals surface area contributed by atoms with Crippen LogP contribution in [0.2, 0.25) is 0 Å². The van der Waals surface area contributed by atoms with E-state index in [4.69, 9.17) is 5.26 Å². The summed E-state index contributed by atoms with van der Waals surface area (Å²) in [5, 5.41) is 8.83. The summed E-state index contributed by atoms with van der Waals surface area (Å²) in [6, 6.07) is 5.38. The molecule has 0 atom stereocenters. The van der Waals surface area contributed by atoms with Gasteiger partial charge in [0.25, 0.3) is 0 Å². The van der Waals surface area contributed by atoms with Crippen LogP contribution in [0, 0.1) is 16.7 Å². The first kappa shape index (κ1) is 11.5. The van der Waals surface area contributed by atoms with Crippen molar-refractivity contribution >= 4 is 0 Å². The summed E-state index contributed by atoms with van der Waals surface area (Å²) in [5.74, 6) is 0. The number of aromatic nitrogens is 1. The van der Waals surface area contributed by atoms with Crippen molar-refractivity contribution in [1.82, 2.24) is 4.57 Å². The van der Waals surface area contributed by atoms with E-state index >= 15 is 0 Å². The fourth-order valence-electron chi connectivity index (χ4n) is 1.35. The Hall–Kier alpha value is -1.56. The highest BCUT2D eigenvalue weighted by Gasteiger charge is 2.15. The Morgan fingerprint density at radius 3 is 2.53 bits per heavy atom. The Balaban J connectivity index is 2.42. The highest BCUT2D eigenvalue weighted by molar-refractivity contribution is 4.94. The van der Waals surface area contributed by atoms with Crippen LogP contribution in [0.15, 0.2) is 29.3 Å². The normalized spacial score (nSPS) is 11.0. The fourth-order valence-corrected chi connectivity index (χ4v) is 1.35. The summed E-state index contributed by atoms with van der Waals surface area (Å²) in [6.45, 7) is 4.74. The standard InChI is InChI=1S/C12H16N2O/c1-12(2,10-13)6-3-7-14-8-4-11(15)5-9-14/h4-5,8-9H,3,6-7H2,1-2H3. The summed E-state index contributed by atoms with van der Waals surface area (Å²) in [6.07, 6.45) is 5.38. The Bertz CT molecular complexity index is 392. The van der Waals surface area contributed by atoms with Crippen molar-refractivity contribution in [1.29, 1.82) is 5.26 Å². The largest absolute Gasteiger partial charge is 0.354 e. The molecule has 0 aliphatic carbocycles. The van der Waals surface area contributed by atoms with Crippen molar-refractivity contribution in [3.8, 4) is 6.07 Å². The Labute approximate surface area is 90.0 Å². The van der Waals surface area contributed by atoms with Gasteiger partial charge in [-0.2, -0.15) is 5.26 Å². The first-order chi connectivity index (χ1) is 7.03. The zero-order chi connectivity index (χ0) is 11.3. The molecule has 1 rings (SSSR count). The third-order valence-electron chi connectivity index (χ3n) is 2.38. The zero-order valence-electron chi connectivity index (χ0n) is 9.23. The number of aryl methyl sites for hydroxylation is 1. The van der Waals surface area contributed by atoms with Crippen molar-refractivity contribution in [2.75, 3.05) is 0 Å². The molecule has 3 nitrogen and oxygen atoms in total. The summed E-state index contributed by atoms with van der Waals surface area (Å²) < 4.78 is 1.97. The van der Waals surface area contributed by atoms with Gasteiger partial charge in [-0.05, 0) is 26.7 Å². The van der Waals surface area contributed by atoms with E-state index in [-0.39, 0.29) is 10.8 Å². The van der Waals surface area contributed by atoms with E-state index in [0.717, 1.165) is 19.4 Å². The van der Waals surface area contributed by atoms with Gasteiger partial charge >= 0.3 is 0 Å². The second-order valence-electron chi connectivity index (χ2n) is 4.37. The monoisotopic (exact) mass is 204 g/mol. The van der Waals surface area contributed by atoms with E-state index in [1.54, 1.807) is 24.5 Å². The molecule has 0 saturated heterocycles. The third kappa shape index (κ3) is 3.99. The minimum Gasteiger partial charge on any atom is -0.354 e. The van der Waals surface area contributed by atoms with Crippen LogP contribution in [0.4, 0.5) is 0 Å². The van der Waals surface area contributed by atoms with Crippen molar-refractivity contribution < 1.29 is 0 Å². The van der Waals surface area contributed by atoms with Gasteiger partial charge in [-0.15, -0.1) is 0 Å². The molecule has 0 aliphatic heterocycles. The topological polar surface area (TPSA) is 45.8 Å². The highest BCUT2D eigenvalue weighted by atomic mass is 16.1. The van der Waals surface area contributed by atoms with Gasteiger partial charge in [0.2, 0.25) is 0 Å². The molecule has 0 amide bonds. The molecule has 3 heteroatoms. The maximum absolute atomic E-state index is 10.8. The van der Waals surface area contributed by atoms with Crippen molar-refractivity contribution in [2.24, 2.45) is 5.41 Å². The van der Waals surface area contributed by atoms with E-state index in [1.165, 1.54) is 0 Å². The number of nitrogens with zero attached hydrogens (tertiary/aromatic N) is 2. The van der Waals surface area contributed by atoms with Crippen LogP contribution in [0.3, 0.4) is 0 Å². The van der Waals surface area contributed by atoms with Gasteiger partial charge in [-0.25, -0.2) is 0 Å². The Morgan fingerprint density at radius 2 is 2.00 bits per heavy atom. The smallest absolute Gasteiger partial charge is 0.181 e. The molecular weight excluding hydrogens is 188 g/mol. The average Bonchev–Trinajstić information content (AvgIpc) is 2.21. The van der Waals surface area contributed by atoms with Crippen LogP contribution in [0.5, 0.6) is 0 Å². The molecule has 0 spiro atoms. The first-order valence-corrected chi connectivity index (χ1v) is 5.11. The molecule has 0 radical (unpaired) electrons. The van der Waals surface area contributed by atoms with E-state index < -0.39 is 0 Å². The molecule has 80 valence electrons. The van der Waals surface area contributed by atoms with Crippen LogP contribution < -0.4 is 5.43 Å². The van der Waals surface area contributed by atoms with Crippen LogP contribution in [0.1, 0.15) is 26.7 Å². The Morgan fingerprint density at radius 1 is 1.40 bits per heavy atom. The maximum Gasteiger partial charge on any atom is 0.181 e. The minimum absolute atomic E-state index is 0.0311. The lowest BCUT2D eigenvalue weighted by Gasteiger charge is -2.14. The Kier molecular flexibility index (Phi) is 3.68. The summed E-state index contributed by atoms with van der Waals surface area (Å²) in [7, 11) is 0. The molecule has 1 aromatic heterocycles. The van der Waals surface area contributed by atoms with Crippen molar-refractivity contribution in [2.45, 2.75) is 33.2 Å². The molecule has 0 bridgehead atoms. The predicted octanol–water partition coefficient (Wildman–Crippen LogP) is 2.18. The lowest BCUT2D eigenvalue weighted by atomic mass is 9.90. The molecule has 0 aliphatic rings. The van der Waals surface area contributed by atoms with Crippen molar-refractivity contribution in [3.63, 3.8) is 0 Å². The van der Waals surface area contributed by atoms with Gasteiger partial charge in [0, 0.05) is 31.1 Å². The molecule has 0 saturated carbocycles. The van der Waals surface area contributed by atoms with Crippen LogP contribution in [-0.4, -0.2) is 4.57 Å². The number of rotatable bonds is 4. The van der Waals surface area contributed by atoms with Gasteiger partial charge in [-0.3, -0.25) is 4.79 Å². The minimum atomic E-state index is -0.251. The van der Waals surface area contributed by atoms with Crippen molar-refractivity contribution in [3.05, 3.63) is 34.7 Å². The molecule has 0 fully saturated rings. The summed E-state index contributed by atoms with van der Waals surface area (Å²) >= 11 is 0. The SMILES string of the molecule is CC(C)(C#N)CCCn1ccc(=O)cc1. The predicted molar refractivity (Wildman–Crippen MR) is 59.3 cm³/mol. The quantitative estimate of drug-likeness (QED) is 0.754. The van der Waals surface area contributed by atoms with E-state index in [1.807, 2.05) is 18.4 Å². The van der Waals surface area contributed by atoms with E-state index in [2.05, 4.69) is 6.07 Å². The molecule has 1 heterocycles. The second kappa shape index (κ2) is 4.79. The van der Waals surface area contributed by atoms with Crippen LogP contribution in [0.25, 0.3) is 0 Å². The number of hydrogen-bond acceptors (Lipinski definition) is 2. The van der Waals surface area contributed by atoms with Gasteiger partial charge in [0.05, 0.1) is 11.5 Å². The van der Waals surface area contributed by atoms with Gasteiger partial charge in [0.1, 0.15) is 0 Å². The average molecular weight is 204 g/mol. The molecule has 0 aromatic carbocycles. The number of pyridine rings is 1. The first-order valence-electron chi connectivity index (χ1n) is 5.11. The van der Waals surface area contributed by atoms with Crippen LogP contribution in [-0.2, 0) is 6.54 Å². The van der Waals surface area contributed by atoms with E-state index in [0.29, 0.717) is 0 Å². The molecule has 0 N–H and O–H groups in total. The third-order valence-corrected chi connectivity index (χ3v) is 2.38. The summed E-state index contributed by atoms with van der Waals surface area (Å²) in [5.41, 5.74) is -0.220. The summed E-state index contributed by atoms with van der Waals surface area (Å²) in [4.78, 5) is 10.8. The van der Waals surface area contributed by atoms with Gasteiger partial charge < -0.3 is 4.57 Å². The van der Waals surface area contributed by atoms with Gasteiger partial charge in [0.15, 0.2) is 5.43 Å². The lowest BCUT2D eigenvalue weighted by Crippen LogP contribution is -2.10. The molecule has 1 aromatic rings.